The van der Waals surface area contributed by atoms with Crippen LogP contribution in [0.15, 0.2) is 24.3 Å². The maximum absolute atomic E-state index is 11.9. The summed E-state index contributed by atoms with van der Waals surface area (Å²) in [6, 6.07) is 7.06. The van der Waals surface area contributed by atoms with Crippen molar-refractivity contribution in [2.24, 2.45) is 5.73 Å². The van der Waals surface area contributed by atoms with E-state index in [-0.39, 0.29) is 13.0 Å². The second kappa shape index (κ2) is 6.39. The van der Waals surface area contributed by atoms with Crippen LogP contribution in [-0.4, -0.2) is 18.6 Å². The molecule has 1 amide bonds. The minimum absolute atomic E-state index is 0.0721. The fraction of sp³-hybridized carbons (Fsp3) is 0.417. The molecule has 0 aliphatic heterocycles. The first-order valence-corrected chi connectivity index (χ1v) is 5.52. The number of carbonyl (C=O) groups is 1. The second-order valence-electron chi connectivity index (χ2n) is 3.91. The quantitative estimate of drug-likeness (QED) is 0.847. The number of alkyl halides is 3. The van der Waals surface area contributed by atoms with E-state index in [4.69, 9.17) is 5.73 Å². The summed E-state index contributed by atoms with van der Waals surface area (Å²) in [5.74, 6) is -0.417. The van der Waals surface area contributed by atoms with Gasteiger partial charge in [0.05, 0.1) is 12.8 Å². The fourth-order valence-corrected chi connectivity index (χ4v) is 1.38. The number of carbonyl (C=O) groups excluding carboxylic acids is 1. The van der Waals surface area contributed by atoms with Crippen LogP contribution in [0.3, 0.4) is 0 Å². The Morgan fingerprint density at radius 2 is 1.72 bits per heavy atom. The van der Waals surface area contributed by atoms with Crippen LogP contribution in [0.25, 0.3) is 0 Å². The molecule has 0 radical (unpaired) electrons. The monoisotopic (exact) mass is 260 g/mol. The van der Waals surface area contributed by atoms with E-state index in [1.807, 2.05) is 0 Å². The molecule has 6 heteroatoms. The Balaban J connectivity index is 2.35. The number of rotatable bonds is 5. The molecule has 0 aromatic heterocycles. The molecule has 1 aromatic carbocycles. The summed E-state index contributed by atoms with van der Waals surface area (Å²) in [6.07, 6.45) is -5.18. The Morgan fingerprint density at radius 3 is 2.22 bits per heavy atom. The maximum atomic E-state index is 11.9. The van der Waals surface area contributed by atoms with Gasteiger partial charge in [-0.15, -0.1) is 0 Å². The number of benzene rings is 1. The van der Waals surface area contributed by atoms with Crippen molar-refractivity contribution < 1.29 is 18.0 Å². The van der Waals surface area contributed by atoms with Gasteiger partial charge in [0.25, 0.3) is 0 Å². The first kappa shape index (κ1) is 14.5. The Hall–Kier alpha value is -1.56. The van der Waals surface area contributed by atoms with Crippen LogP contribution in [0.5, 0.6) is 0 Å². The van der Waals surface area contributed by atoms with Gasteiger partial charge in [0, 0.05) is 13.1 Å². The molecule has 0 atom stereocenters. The molecular formula is C12H15F3N2O. The zero-order valence-corrected chi connectivity index (χ0v) is 9.76. The molecule has 0 fully saturated rings. The number of nitrogens with one attached hydrogen (secondary N) is 1. The van der Waals surface area contributed by atoms with E-state index in [9.17, 15) is 18.0 Å². The molecule has 0 heterocycles. The molecule has 0 aliphatic rings. The third kappa shape index (κ3) is 5.67. The SMILES string of the molecule is NCc1ccc(CC(=O)NCCC(F)(F)F)cc1. The van der Waals surface area contributed by atoms with Crippen molar-refractivity contribution in [3.63, 3.8) is 0 Å². The van der Waals surface area contributed by atoms with Gasteiger partial charge in [-0.25, -0.2) is 0 Å². The van der Waals surface area contributed by atoms with Gasteiger partial charge in [-0.05, 0) is 11.1 Å². The summed E-state index contributed by atoms with van der Waals surface area (Å²) in [5.41, 5.74) is 7.11. The standard InChI is InChI=1S/C12H15F3N2O/c13-12(14,15)5-6-17-11(18)7-9-1-3-10(8-16)4-2-9/h1-4H,5-8,16H2,(H,17,18). The Kier molecular flexibility index (Phi) is 5.15. The number of hydrogen-bond acceptors (Lipinski definition) is 2. The Morgan fingerprint density at radius 1 is 1.17 bits per heavy atom. The molecule has 0 unspecified atom stereocenters. The number of halogens is 3. The van der Waals surface area contributed by atoms with Gasteiger partial charge in [-0.3, -0.25) is 4.79 Å². The third-order valence-electron chi connectivity index (χ3n) is 2.35. The van der Waals surface area contributed by atoms with Crippen LogP contribution in [0.1, 0.15) is 17.5 Å². The van der Waals surface area contributed by atoms with Crippen molar-refractivity contribution in [2.75, 3.05) is 6.54 Å². The largest absolute Gasteiger partial charge is 0.390 e. The topological polar surface area (TPSA) is 55.1 Å². The number of hydrogen-bond donors (Lipinski definition) is 2. The maximum Gasteiger partial charge on any atom is 0.390 e. The van der Waals surface area contributed by atoms with E-state index in [0.29, 0.717) is 6.54 Å². The van der Waals surface area contributed by atoms with Crippen LogP contribution >= 0.6 is 0 Å². The highest BCUT2D eigenvalue weighted by molar-refractivity contribution is 5.78. The van der Waals surface area contributed by atoms with Gasteiger partial charge in [0.2, 0.25) is 5.91 Å². The third-order valence-corrected chi connectivity index (χ3v) is 2.35. The first-order chi connectivity index (χ1) is 8.40. The summed E-state index contributed by atoms with van der Waals surface area (Å²) in [6.45, 7) is 0.0290. The normalized spacial score (nSPS) is 11.3. The zero-order chi connectivity index (χ0) is 13.6. The lowest BCUT2D eigenvalue weighted by molar-refractivity contribution is -0.135. The Labute approximate surface area is 103 Å². The highest BCUT2D eigenvalue weighted by Gasteiger charge is 2.26. The molecular weight excluding hydrogens is 245 g/mol. The summed E-state index contributed by atoms with van der Waals surface area (Å²) in [7, 11) is 0. The van der Waals surface area contributed by atoms with Gasteiger partial charge in [0.1, 0.15) is 0 Å². The molecule has 0 saturated carbocycles. The lowest BCUT2D eigenvalue weighted by atomic mass is 10.1. The Bertz CT molecular complexity index is 387. The summed E-state index contributed by atoms with van der Waals surface area (Å²) < 4.78 is 35.6. The molecule has 0 aliphatic carbocycles. The molecule has 3 N–H and O–H groups in total. The van der Waals surface area contributed by atoms with E-state index in [1.54, 1.807) is 24.3 Å². The first-order valence-electron chi connectivity index (χ1n) is 5.52. The summed E-state index contributed by atoms with van der Waals surface area (Å²) >= 11 is 0. The van der Waals surface area contributed by atoms with Crippen LogP contribution in [-0.2, 0) is 17.8 Å². The predicted molar refractivity (Wildman–Crippen MR) is 61.7 cm³/mol. The average Bonchev–Trinajstić information content (AvgIpc) is 2.28. The van der Waals surface area contributed by atoms with Crippen molar-refractivity contribution >= 4 is 5.91 Å². The van der Waals surface area contributed by atoms with E-state index in [0.717, 1.165) is 11.1 Å². The minimum Gasteiger partial charge on any atom is -0.355 e. The number of amides is 1. The molecule has 18 heavy (non-hydrogen) atoms. The number of nitrogens with two attached hydrogens (primary N) is 1. The average molecular weight is 260 g/mol. The summed E-state index contributed by atoms with van der Waals surface area (Å²) in [4.78, 5) is 11.3. The van der Waals surface area contributed by atoms with Gasteiger partial charge in [-0.1, -0.05) is 24.3 Å². The molecule has 3 nitrogen and oxygen atoms in total. The van der Waals surface area contributed by atoms with Crippen LogP contribution in [0.2, 0.25) is 0 Å². The molecule has 0 bridgehead atoms. The predicted octanol–water partition coefficient (Wildman–Crippen LogP) is 1.76. The molecule has 0 spiro atoms. The fourth-order valence-electron chi connectivity index (χ4n) is 1.38. The highest BCUT2D eigenvalue weighted by atomic mass is 19.4. The van der Waals surface area contributed by atoms with Crippen molar-refractivity contribution in [3.05, 3.63) is 35.4 Å². The highest BCUT2D eigenvalue weighted by Crippen LogP contribution is 2.18. The molecule has 0 saturated heterocycles. The van der Waals surface area contributed by atoms with E-state index in [2.05, 4.69) is 5.32 Å². The van der Waals surface area contributed by atoms with E-state index < -0.39 is 18.5 Å². The smallest absolute Gasteiger partial charge is 0.355 e. The van der Waals surface area contributed by atoms with Gasteiger partial charge < -0.3 is 11.1 Å². The van der Waals surface area contributed by atoms with Crippen LogP contribution in [0.4, 0.5) is 13.2 Å². The van der Waals surface area contributed by atoms with Gasteiger partial charge in [0.15, 0.2) is 0 Å². The van der Waals surface area contributed by atoms with E-state index in [1.165, 1.54) is 0 Å². The lowest BCUT2D eigenvalue weighted by Gasteiger charge is -2.08. The second-order valence-corrected chi connectivity index (χ2v) is 3.91. The van der Waals surface area contributed by atoms with Crippen molar-refractivity contribution in [2.45, 2.75) is 25.6 Å². The lowest BCUT2D eigenvalue weighted by Crippen LogP contribution is -2.29. The van der Waals surface area contributed by atoms with Gasteiger partial charge in [-0.2, -0.15) is 13.2 Å². The van der Waals surface area contributed by atoms with E-state index >= 15 is 0 Å². The van der Waals surface area contributed by atoms with Crippen molar-refractivity contribution in [1.29, 1.82) is 0 Å². The molecule has 1 rings (SSSR count). The van der Waals surface area contributed by atoms with Crippen molar-refractivity contribution in [1.82, 2.24) is 5.32 Å². The molecule has 100 valence electrons. The van der Waals surface area contributed by atoms with Gasteiger partial charge >= 0.3 is 6.18 Å². The summed E-state index contributed by atoms with van der Waals surface area (Å²) in [5, 5.41) is 2.23. The van der Waals surface area contributed by atoms with Crippen molar-refractivity contribution in [3.8, 4) is 0 Å². The molecule has 1 aromatic rings. The van der Waals surface area contributed by atoms with Crippen LogP contribution < -0.4 is 11.1 Å². The van der Waals surface area contributed by atoms with Crippen LogP contribution in [0, 0.1) is 0 Å². The minimum atomic E-state index is -4.24. The zero-order valence-electron chi connectivity index (χ0n) is 9.76.